The van der Waals surface area contributed by atoms with Gasteiger partial charge >= 0.3 is 0 Å². The van der Waals surface area contributed by atoms with Crippen molar-refractivity contribution in [1.82, 2.24) is 34.9 Å². The highest BCUT2D eigenvalue weighted by atomic mass is 16.5. The highest BCUT2D eigenvalue weighted by molar-refractivity contribution is 6.03. The number of rotatable bonds is 28. The second kappa shape index (κ2) is 27.7. The number of carbonyl (C=O) groups is 4. The molecule has 0 bridgehead atoms. The first kappa shape index (κ1) is 54.5. The fourth-order valence-corrected chi connectivity index (χ4v) is 8.11. The number of methoxy groups -OCH3 is 2. The van der Waals surface area contributed by atoms with Gasteiger partial charge in [0.2, 0.25) is 16.8 Å². The number of ether oxygens (including phenoxy) is 5. The van der Waals surface area contributed by atoms with Crippen molar-refractivity contribution in [2.45, 2.75) is 64.8 Å². The van der Waals surface area contributed by atoms with Gasteiger partial charge in [-0.2, -0.15) is 0 Å². The van der Waals surface area contributed by atoms with Gasteiger partial charge in [0, 0.05) is 109 Å². The third-order valence-electron chi connectivity index (χ3n) is 12.0. The Balaban J connectivity index is 1.23. The molecule has 386 valence electrons. The lowest BCUT2D eigenvalue weighted by Gasteiger charge is -2.43. The zero-order valence-electron chi connectivity index (χ0n) is 41.8. The average molecular weight is 1000 g/mol. The largest absolute Gasteiger partial charge is 0.483 e. The summed E-state index contributed by atoms with van der Waals surface area (Å²) < 4.78 is 32.1. The van der Waals surface area contributed by atoms with E-state index in [2.05, 4.69) is 16.0 Å². The van der Waals surface area contributed by atoms with Crippen LogP contribution >= 0.6 is 0 Å². The zero-order valence-corrected chi connectivity index (χ0v) is 41.8. The lowest BCUT2D eigenvalue weighted by molar-refractivity contribution is -0.159. The molecule has 3 aromatic carbocycles. The predicted molar refractivity (Wildman–Crippen MR) is 275 cm³/mol. The summed E-state index contributed by atoms with van der Waals surface area (Å²) in [6.07, 6.45) is 9.79. The fourth-order valence-electron chi connectivity index (χ4n) is 8.11. The molecule has 0 aliphatic carbocycles. The Hall–Kier alpha value is -7.80. The van der Waals surface area contributed by atoms with Crippen LogP contribution in [0.25, 0.3) is 0 Å². The molecule has 5 aromatic rings. The number of carbonyl (C=O) groups excluding carboxylic acids is 4. The number of hydrogen-bond acceptors (Lipinski definition) is 13. The molecule has 1 aliphatic rings. The van der Waals surface area contributed by atoms with E-state index in [0.717, 1.165) is 16.7 Å². The molecule has 2 unspecified atom stereocenters. The summed E-state index contributed by atoms with van der Waals surface area (Å²) in [6, 6.07) is 29.5. The van der Waals surface area contributed by atoms with Crippen LogP contribution in [0.1, 0.15) is 57.9 Å². The smallest absolute Gasteiger partial charge is 0.272 e. The topological polar surface area (TPSA) is 201 Å². The summed E-state index contributed by atoms with van der Waals surface area (Å²) >= 11 is 0. The molecule has 0 fully saturated rings. The van der Waals surface area contributed by atoms with Gasteiger partial charge in [0.15, 0.2) is 34.3 Å². The van der Waals surface area contributed by atoms with E-state index >= 15 is 0 Å². The number of nitrogens with one attached hydrogen (secondary N) is 3. The molecule has 0 spiro atoms. The van der Waals surface area contributed by atoms with Crippen LogP contribution in [0.3, 0.4) is 0 Å². The summed E-state index contributed by atoms with van der Waals surface area (Å²) in [4.78, 5) is 86.2. The molecule has 1 aliphatic heterocycles. The molecule has 3 amide bonds. The van der Waals surface area contributed by atoms with E-state index in [0.29, 0.717) is 13.0 Å². The van der Waals surface area contributed by atoms with Crippen molar-refractivity contribution in [2.24, 2.45) is 0 Å². The summed E-state index contributed by atoms with van der Waals surface area (Å²) in [5.41, 5.74) is -0.0121. The van der Waals surface area contributed by atoms with Crippen molar-refractivity contribution >= 4 is 23.5 Å². The van der Waals surface area contributed by atoms with E-state index in [4.69, 9.17) is 23.7 Å². The molecule has 0 saturated heterocycles. The summed E-state index contributed by atoms with van der Waals surface area (Å²) in [5.74, 6) is -2.25. The third-order valence-corrected chi connectivity index (χ3v) is 12.0. The lowest BCUT2D eigenvalue weighted by Crippen LogP contribution is -2.63. The van der Waals surface area contributed by atoms with E-state index < -0.39 is 40.2 Å². The number of pyridine rings is 2. The number of ketones is 1. The fraction of sp³-hybridized carbons (Fsp3) is 0.345. The summed E-state index contributed by atoms with van der Waals surface area (Å²) in [5, 5.41) is 8.68. The maximum atomic E-state index is 14.3. The van der Waals surface area contributed by atoms with E-state index in [1.807, 2.05) is 97.9 Å². The number of hydrogen-bond donors (Lipinski definition) is 3. The first-order valence-electron chi connectivity index (χ1n) is 24.2. The first-order valence-corrected chi connectivity index (χ1v) is 24.2. The van der Waals surface area contributed by atoms with Gasteiger partial charge in [0.25, 0.3) is 11.8 Å². The van der Waals surface area contributed by atoms with Crippen LogP contribution < -0.4 is 36.3 Å². The molecule has 0 saturated carbocycles. The van der Waals surface area contributed by atoms with Crippen LogP contribution in [0.2, 0.25) is 0 Å². The molecule has 18 heteroatoms. The Morgan fingerprint density at radius 2 is 1.12 bits per heavy atom. The second-order valence-electron chi connectivity index (χ2n) is 17.2. The van der Waals surface area contributed by atoms with E-state index in [9.17, 15) is 28.8 Å². The van der Waals surface area contributed by atoms with Gasteiger partial charge in [-0.3, -0.25) is 28.8 Å². The Labute approximate surface area is 425 Å². The van der Waals surface area contributed by atoms with Crippen LogP contribution in [0.15, 0.2) is 150 Å². The predicted octanol–water partition coefficient (Wildman–Crippen LogP) is 4.66. The summed E-state index contributed by atoms with van der Waals surface area (Å²) in [7, 11) is 3.07. The Morgan fingerprint density at radius 1 is 0.658 bits per heavy atom. The Kier molecular flexibility index (Phi) is 20.7. The number of benzene rings is 3. The minimum atomic E-state index is -1.54. The maximum Gasteiger partial charge on any atom is 0.272 e. The van der Waals surface area contributed by atoms with Crippen LogP contribution in [0.4, 0.5) is 0 Å². The van der Waals surface area contributed by atoms with Crippen molar-refractivity contribution in [3.63, 3.8) is 0 Å². The molecule has 2 aromatic heterocycles. The SMILES string of the molecule is CCCN1C=CC(=O)C(C)(OCc2ccccc2)C1C(=O)N/C=C/N(CCNC(=O)c1c(OCc2ccccc2)c(=O)ccn1CCOC)CCNC(=O)c1c(OCc2ccccc2)c(=O)ccn1CCOC. The number of amides is 3. The van der Waals surface area contributed by atoms with Crippen molar-refractivity contribution < 1.29 is 42.9 Å². The highest BCUT2D eigenvalue weighted by Crippen LogP contribution is 2.29. The normalized spacial score (nSPS) is 15.3. The van der Waals surface area contributed by atoms with Gasteiger partial charge in [0.1, 0.15) is 19.3 Å². The molecule has 2 atom stereocenters. The summed E-state index contributed by atoms with van der Waals surface area (Å²) in [6.45, 7) is 5.62. The van der Waals surface area contributed by atoms with Gasteiger partial charge in [-0.25, -0.2) is 0 Å². The molecule has 0 radical (unpaired) electrons. The minimum absolute atomic E-state index is 0.0139. The monoisotopic (exact) mass is 999 g/mol. The quantitative estimate of drug-likeness (QED) is 0.0626. The first-order chi connectivity index (χ1) is 35.5. The van der Waals surface area contributed by atoms with Gasteiger partial charge in [-0.1, -0.05) is 97.9 Å². The molecule has 3 heterocycles. The second-order valence-corrected chi connectivity index (χ2v) is 17.2. The van der Waals surface area contributed by atoms with E-state index in [-0.39, 0.29) is 101 Å². The van der Waals surface area contributed by atoms with Gasteiger partial charge in [-0.15, -0.1) is 0 Å². The highest BCUT2D eigenvalue weighted by Gasteiger charge is 2.50. The van der Waals surface area contributed by atoms with E-state index in [1.54, 1.807) is 38.3 Å². The molecular formula is C55H65N7O11. The van der Waals surface area contributed by atoms with Crippen LogP contribution in [-0.4, -0.2) is 114 Å². The molecule has 18 nitrogen and oxygen atoms in total. The Bertz CT molecular complexity index is 2650. The zero-order chi connectivity index (χ0) is 52.0. The number of aromatic nitrogens is 2. The van der Waals surface area contributed by atoms with Gasteiger partial charge in [0.05, 0.1) is 19.8 Å². The molecule has 6 rings (SSSR count). The minimum Gasteiger partial charge on any atom is -0.483 e. The standard InChI is InChI=1S/C55H65N7O11/c1-5-27-62-30-23-46(65)55(2,73-40-43-19-13-8-14-20-43)51(62)54(68)58-26-33-59(31-24-56-52(66)47-49(71-38-41-15-9-6-10-16-41)44(63)21-28-60(47)34-36-69-3)32-25-57-53(67)48-50(72-39-42-17-11-7-12-18-42)45(64)22-29-61(48)35-37-70-4/h6-23,26,28-30,33,51H,5,24-25,27,31-32,34-40H2,1-4H3,(H,56,66)(H,57,67)(H,58,68)/b33-26+. The van der Waals surface area contributed by atoms with Crippen molar-refractivity contribution in [2.75, 3.05) is 60.2 Å². The molecule has 73 heavy (non-hydrogen) atoms. The Morgan fingerprint density at radius 3 is 1.58 bits per heavy atom. The maximum absolute atomic E-state index is 14.3. The van der Waals surface area contributed by atoms with Gasteiger partial charge < -0.3 is 58.6 Å². The molecule has 3 N–H and O–H groups in total. The van der Waals surface area contributed by atoms with Crippen molar-refractivity contribution in [3.05, 3.63) is 189 Å². The van der Waals surface area contributed by atoms with Crippen molar-refractivity contribution in [1.29, 1.82) is 0 Å². The van der Waals surface area contributed by atoms with Crippen LogP contribution in [0.5, 0.6) is 11.5 Å². The number of nitrogens with zero attached hydrogens (tertiary/aromatic N) is 4. The third kappa shape index (κ3) is 15.1. The van der Waals surface area contributed by atoms with Gasteiger partial charge in [-0.05, 0) is 30.0 Å². The average Bonchev–Trinajstić information content (AvgIpc) is 3.40. The lowest BCUT2D eigenvalue weighted by atomic mass is 9.86. The van der Waals surface area contributed by atoms with E-state index in [1.165, 1.54) is 51.0 Å². The van der Waals surface area contributed by atoms with Crippen LogP contribution in [-0.2, 0) is 56.7 Å². The molecular weight excluding hydrogens is 935 g/mol. The van der Waals surface area contributed by atoms with Crippen LogP contribution in [0, 0.1) is 0 Å². The van der Waals surface area contributed by atoms with Crippen molar-refractivity contribution in [3.8, 4) is 11.5 Å².